The van der Waals surface area contributed by atoms with Crippen LogP contribution in [0.1, 0.15) is 16.8 Å². The maximum Gasteiger partial charge on any atom is 0.444 e. The largest absolute Gasteiger partial charge is 0.444 e. The van der Waals surface area contributed by atoms with E-state index in [0.29, 0.717) is 24.0 Å². The fraction of sp³-hybridized carbons (Fsp3) is 0.280. The highest BCUT2D eigenvalue weighted by molar-refractivity contribution is 5.94. The predicted molar refractivity (Wildman–Crippen MR) is 135 cm³/mol. The lowest BCUT2D eigenvalue weighted by molar-refractivity contribution is -0.602. The molecule has 0 aliphatic carbocycles. The molecule has 1 aliphatic rings. The molecule has 1 amide bonds. The normalized spacial score (nSPS) is 13.9. The maximum absolute atomic E-state index is 12.5. The summed E-state index contributed by atoms with van der Waals surface area (Å²) in [6.45, 7) is 5.16. The van der Waals surface area contributed by atoms with E-state index in [9.17, 15) is 4.79 Å². The van der Waals surface area contributed by atoms with Crippen molar-refractivity contribution in [2.75, 3.05) is 50.1 Å². The summed E-state index contributed by atoms with van der Waals surface area (Å²) >= 11 is 0. The minimum atomic E-state index is -0.322. The third-order valence-corrected chi connectivity index (χ3v) is 5.81. The number of carbonyl (C=O) groups excluding carboxylic acids is 1. The summed E-state index contributed by atoms with van der Waals surface area (Å²) in [5.74, 6) is 0.742. The second-order valence-electron chi connectivity index (χ2n) is 8.31. The van der Waals surface area contributed by atoms with E-state index in [1.54, 1.807) is 24.5 Å². The minimum Gasteiger partial charge on any atom is -0.379 e. The van der Waals surface area contributed by atoms with Crippen molar-refractivity contribution < 1.29 is 14.1 Å². The molecule has 3 aromatic heterocycles. The molecule has 0 unspecified atom stereocenters. The van der Waals surface area contributed by atoms with Gasteiger partial charge in [-0.3, -0.25) is 25.5 Å². The quantitative estimate of drug-likeness (QED) is 0.184. The number of ether oxygens (including phenoxy) is 1. The molecule has 11 heteroatoms. The van der Waals surface area contributed by atoms with Crippen LogP contribution in [0.2, 0.25) is 0 Å². The molecule has 3 N–H and O–H groups in total. The molecule has 36 heavy (non-hydrogen) atoms. The van der Waals surface area contributed by atoms with Crippen LogP contribution in [0, 0.1) is 0 Å². The van der Waals surface area contributed by atoms with Gasteiger partial charge in [-0.25, -0.2) is 4.57 Å². The van der Waals surface area contributed by atoms with Gasteiger partial charge in [-0.15, -0.1) is 4.98 Å². The summed E-state index contributed by atoms with van der Waals surface area (Å²) in [5, 5.41) is 5.47. The Morgan fingerprint density at radius 2 is 1.75 bits per heavy atom. The molecule has 184 valence electrons. The number of carbonyl (C=O) groups is 1. The number of hydrogen-bond acceptors (Lipinski definition) is 9. The fourth-order valence-electron chi connectivity index (χ4n) is 3.89. The van der Waals surface area contributed by atoms with Crippen molar-refractivity contribution in [3.8, 4) is 5.95 Å². The van der Waals surface area contributed by atoms with Gasteiger partial charge in [-0.05, 0) is 46.5 Å². The van der Waals surface area contributed by atoms with E-state index in [0.717, 1.165) is 50.0 Å². The summed E-state index contributed by atoms with van der Waals surface area (Å²) in [6.07, 6.45) is 7.92. The van der Waals surface area contributed by atoms with Crippen LogP contribution >= 0.6 is 0 Å². The standard InChI is InChI=1S/C25H27N9O2/c35-22(20-6-10-26-11-7-20)31-32-24-28-23(27-9-3-12-33-14-16-36-17-15-33)29-25(30-24)34-13-8-19-4-1-2-5-21(19)18-34/h1-2,4-8,10-11,13,18H,3,9,12,14-17H2,(H2-,26,27,28,29,30,31,32,35)/p+1. The van der Waals surface area contributed by atoms with E-state index < -0.39 is 0 Å². The molecular formula is C25H28N9O2+. The maximum atomic E-state index is 12.5. The number of rotatable bonds is 9. The van der Waals surface area contributed by atoms with Gasteiger partial charge in [-0.2, -0.15) is 0 Å². The van der Waals surface area contributed by atoms with Gasteiger partial charge in [0, 0.05) is 43.0 Å². The molecular weight excluding hydrogens is 458 g/mol. The molecule has 0 bridgehead atoms. The number of nitrogens with one attached hydrogen (secondary N) is 3. The Bertz CT molecular complexity index is 1310. The van der Waals surface area contributed by atoms with Gasteiger partial charge in [0.25, 0.3) is 5.91 Å². The Kier molecular flexibility index (Phi) is 7.49. The third kappa shape index (κ3) is 6.06. The zero-order valence-corrected chi connectivity index (χ0v) is 19.8. The van der Waals surface area contributed by atoms with Crippen molar-refractivity contribution >= 4 is 28.6 Å². The average Bonchev–Trinajstić information content (AvgIpc) is 2.95. The van der Waals surface area contributed by atoms with Crippen LogP contribution in [0.5, 0.6) is 0 Å². The molecule has 0 saturated carbocycles. The summed E-state index contributed by atoms with van der Waals surface area (Å²) in [4.78, 5) is 32.4. The predicted octanol–water partition coefficient (Wildman–Crippen LogP) is 1.59. The number of fused-ring (bicyclic) bond motifs is 1. The smallest absolute Gasteiger partial charge is 0.379 e. The Morgan fingerprint density at radius 3 is 2.58 bits per heavy atom. The lowest BCUT2D eigenvalue weighted by Crippen LogP contribution is -2.37. The van der Waals surface area contributed by atoms with Crippen LogP contribution in [-0.2, 0) is 4.74 Å². The number of morpholine rings is 1. The van der Waals surface area contributed by atoms with E-state index in [4.69, 9.17) is 4.74 Å². The van der Waals surface area contributed by atoms with E-state index >= 15 is 0 Å². The number of hydrogen-bond donors (Lipinski definition) is 3. The van der Waals surface area contributed by atoms with Crippen molar-refractivity contribution in [1.82, 2.24) is 30.3 Å². The van der Waals surface area contributed by atoms with Crippen molar-refractivity contribution in [1.29, 1.82) is 0 Å². The number of pyridine rings is 2. The Labute approximate surface area is 208 Å². The molecule has 11 nitrogen and oxygen atoms in total. The summed E-state index contributed by atoms with van der Waals surface area (Å²) < 4.78 is 7.24. The number of benzene rings is 1. The Balaban J connectivity index is 1.32. The molecule has 1 aliphatic heterocycles. The minimum absolute atomic E-state index is 0.221. The van der Waals surface area contributed by atoms with E-state index in [2.05, 4.69) is 47.1 Å². The van der Waals surface area contributed by atoms with Crippen molar-refractivity contribution in [3.63, 3.8) is 0 Å². The first-order chi connectivity index (χ1) is 17.7. The number of hydrazine groups is 1. The molecule has 0 radical (unpaired) electrons. The van der Waals surface area contributed by atoms with E-state index in [1.165, 1.54) is 0 Å². The van der Waals surface area contributed by atoms with Crippen molar-refractivity contribution in [3.05, 3.63) is 72.8 Å². The van der Waals surface area contributed by atoms with Gasteiger partial charge in [0.1, 0.15) is 0 Å². The van der Waals surface area contributed by atoms with Gasteiger partial charge >= 0.3 is 17.8 Å². The lowest BCUT2D eigenvalue weighted by Gasteiger charge is -2.26. The second-order valence-corrected chi connectivity index (χ2v) is 8.31. The van der Waals surface area contributed by atoms with E-state index in [1.807, 2.05) is 41.2 Å². The van der Waals surface area contributed by atoms with Crippen LogP contribution < -0.4 is 20.7 Å². The first kappa shape index (κ1) is 23.5. The molecule has 0 atom stereocenters. The van der Waals surface area contributed by atoms with Crippen LogP contribution in [0.4, 0.5) is 11.9 Å². The highest BCUT2D eigenvalue weighted by Gasteiger charge is 2.19. The second kappa shape index (κ2) is 11.5. The molecule has 5 rings (SSSR count). The Morgan fingerprint density at radius 1 is 0.972 bits per heavy atom. The SMILES string of the molecule is O=C(NNc1nc(NCCCN2CCOCC2)nc(-[n+]2ccc3ccccc3c2)n1)c1ccncc1. The highest BCUT2D eigenvalue weighted by atomic mass is 16.5. The number of aromatic nitrogens is 5. The van der Waals surface area contributed by atoms with Crippen LogP contribution in [0.15, 0.2) is 67.3 Å². The zero-order valence-electron chi connectivity index (χ0n) is 19.8. The molecule has 4 aromatic rings. The first-order valence-electron chi connectivity index (χ1n) is 11.9. The molecule has 4 heterocycles. The summed E-state index contributed by atoms with van der Waals surface area (Å²) in [7, 11) is 0. The highest BCUT2D eigenvalue weighted by Crippen LogP contribution is 2.12. The monoisotopic (exact) mass is 486 g/mol. The topological polar surface area (TPSA) is 121 Å². The van der Waals surface area contributed by atoms with Gasteiger partial charge in [0.05, 0.1) is 25.6 Å². The molecule has 1 aromatic carbocycles. The number of amides is 1. The lowest BCUT2D eigenvalue weighted by atomic mass is 10.2. The van der Waals surface area contributed by atoms with Gasteiger partial charge in [0.15, 0.2) is 0 Å². The van der Waals surface area contributed by atoms with Crippen LogP contribution in [0.25, 0.3) is 16.7 Å². The number of nitrogens with zero attached hydrogens (tertiary/aromatic N) is 6. The van der Waals surface area contributed by atoms with Gasteiger partial charge < -0.3 is 10.1 Å². The molecule has 1 fully saturated rings. The first-order valence-corrected chi connectivity index (χ1v) is 11.9. The van der Waals surface area contributed by atoms with Crippen LogP contribution in [-0.4, -0.2) is 70.1 Å². The summed E-state index contributed by atoms with van der Waals surface area (Å²) in [5.41, 5.74) is 5.92. The average molecular weight is 487 g/mol. The van der Waals surface area contributed by atoms with Crippen molar-refractivity contribution in [2.45, 2.75) is 6.42 Å². The van der Waals surface area contributed by atoms with Crippen LogP contribution in [0.3, 0.4) is 0 Å². The van der Waals surface area contributed by atoms with Gasteiger partial charge in [-0.1, -0.05) is 24.3 Å². The van der Waals surface area contributed by atoms with E-state index in [-0.39, 0.29) is 11.9 Å². The third-order valence-electron chi connectivity index (χ3n) is 5.81. The molecule has 0 spiro atoms. The number of anilines is 2. The fourth-order valence-corrected chi connectivity index (χ4v) is 3.89. The Hall–Kier alpha value is -4.22. The summed E-state index contributed by atoms with van der Waals surface area (Å²) in [6, 6.07) is 13.3. The molecule has 1 saturated heterocycles. The van der Waals surface area contributed by atoms with Crippen molar-refractivity contribution in [2.24, 2.45) is 0 Å². The van der Waals surface area contributed by atoms with Gasteiger partial charge in [0.2, 0.25) is 0 Å². The zero-order chi connectivity index (χ0) is 24.6.